The number of aliphatic hydroxyl groups excluding tert-OH is 1. The molecule has 1 fully saturated rings. The molecule has 32 heavy (non-hydrogen) atoms. The number of benzene rings is 2. The van der Waals surface area contributed by atoms with Gasteiger partial charge < -0.3 is 15.0 Å². The molecule has 0 aliphatic carbocycles. The highest BCUT2D eigenvalue weighted by molar-refractivity contribution is 5.95. The third-order valence-electron chi connectivity index (χ3n) is 6.82. The lowest BCUT2D eigenvalue weighted by molar-refractivity contribution is -0.122. The lowest BCUT2D eigenvalue weighted by Crippen LogP contribution is -2.44. The van der Waals surface area contributed by atoms with Crippen LogP contribution in [0, 0.1) is 17.7 Å². The zero-order valence-corrected chi connectivity index (χ0v) is 17.6. The number of nitrogens with zero attached hydrogens (tertiary/aromatic N) is 2. The fourth-order valence-electron chi connectivity index (χ4n) is 5.36. The van der Waals surface area contributed by atoms with Gasteiger partial charge >= 0.3 is 0 Å². The van der Waals surface area contributed by atoms with Crippen LogP contribution in [0.4, 0.5) is 10.1 Å². The smallest absolute Gasteiger partial charge is 0.258 e. The number of para-hydroxylation sites is 1. The number of aromatic nitrogens is 1. The van der Waals surface area contributed by atoms with E-state index in [9.17, 15) is 19.1 Å². The van der Waals surface area contributed by atoms with E-state index in [1.807, 2.05) is 48.3 Å². The van der Waals surface area contributed by atoms with Crippen LogP contribution in [0.2, 0.25) is 0 Å². The van der Waals surface area contributed by atoms with E-state index in [4.69, 9.17) is 0 Å². The number of anilines is 1. The van der Waals surface area contributed by atoms with Gasteiger partial charge in [-0.2, -0.15) is 0 Å². The van der Waals surface area contributed by atoms with Gasteiger partial charge in [-0.1, -0.05) is 30.3 Å². The average molecular weight is 433 g/mol. The van der Waals surface area contributed by atoms with Crippen molar-refractivity contribution in [3.05, 3.63) is 88.6 Å². The first kappa shape index (κ1) is 20.6. The van der Waals surface area contributed by atoms with Gasteiger partial charge in [-0.15, -0.1) is 0 Å². The summed E-state index contributed by atoms with van der Waals surface area (Å²) in [6.07, 6.45) is 0. The molecule has 0 bridgehead atoms. The van der Waals surface area contributed by atoms with Crippen LogP contribution in [-0.2, 0) is 11.3 Å². The van der Waals surface area contributed by atoms with Crippen LogP contribution >= 0.6 is 0 Å². The highest BCUT2D eigenvalue weighted by Crippen LogP contribution is 2.48. The van der Waals surface area contributed by atoms with E-state index >= 15 is 0 Å². The SMILES string of the molecule is CN1[C@H](C(=O)Nc2ccccc2)[C@@H](CO)[C@@H]2Cn3c(ccc(-c4ccc(F)cc4)c3=O)[C@@H]21. The number of halogens is 1. The summed E-state index contributed by atoms with van der Waals surface area (Å²) in [5, 5.41) is 13.1. The Bertz CT molecular complexity index is 1210. The van der Waals surface area contributed by atoms with Crippen molar-refractivity contribution in [2.75, 3.05) is 19.0 Å². The van der Waals surface area contributed by atoms with Crippen LogP contribution in [0.1, 0.15) is 11.7 Å². The summed E-state index contributed by atoms with van der Waals surface area (Å²) in [6.45, 7) is 0.282. The van der Waals surface area contributed by atoms with E-state index in [-0.39, 0.29) is 41.8 Å². The molecule has 6 nitrogen and oxygen atoms in total. The Balaban J connectivity index is 1.47. The Kier molecular flexibility index (Phi) is 5.15. The van der Waals surface area contributed by atoms with Crippen LogP contribution in [0.5, 0.6) is 0 Å². The van der Waals surface area contributed by atoms with Gasteiger partial charge in [0.2, 0.25) is 5.91 Å². The predicted molar refractivity (Wildman–Crippen MR) is 120 cm³/mol. The van der Waals surface area contributed by atoms with Gasteiger partial charge in [0.05, 0.1) is 12.1 Å². The average Bonchev–Trinajstić information content (AvgIpc) is 3.31. The van der Waals surface area contributed by atoms with Gasteiger partial charge in [-0.3, -0.25) is 14.5 Å². The second kappa shape index (κ2) is 8.00. The van der Waals surface area contributed by atoms with E-state index < -0.39 is 6.04 Å². The molecule has 0 saturated carbocycles. The first-order chi connectivity index (χ1) is 15.5. The monoisotopic (exact) mass is 433 g/mol. The molecule has 5 rings (SSSR count). The van der Waals surface area contributed by atoms with Gasteiger partial charge in [0.15, 0.2) is 0 Å². The quantitative estimate of drug-likeness (QED) is 0.664. The third kappa shape index (κ3) is 3.25. The number of amides is 1. The fourth-order valence-corrected chi connectivity index (χ4v) is 5.36. The lowest BCUT2D eigenvalue weighted by Gasteiger charge is -2.27. The van der Waals surface area contributed by atoms with E-state index in [1.54, 1.807) is 22.8 Å². The summed E-state index contributed by atoms with van der Waals surface area (Å²) in [6, 6.07) is 18.2. The lowest BCUT2D eigenvalue weighted by atomic mass is 9.88. The topological polar surface area (TPSA) is 74.6 Å². The number of likely N-dealkylation sites (tertiary alicyclic amines) is 1. The van der Waals surface area contributed by atoms with Crippen LogP contribution in [0.15, 0.2) is 71.5 Å². The first-order valence-electron chi connectivity index (χ1n) is 10.7. The van der Waals surface area contributed by atoms with Crippen molar-refractivity contribution in [3.8, 4) is 11.1 Å². The highest BCUT2D eigenvalue weighted by Gasteiger charge is 2.54. The fraction of sp³-hybridized carbons (Fsp3) is 0.280. The maximum atomic E-state index is 13.3. The van der Waals surface area contributed by atoms with Crippen molar-refractivity contribution in [1.82, 2.24) is 9.47 Å². The van der Waals surface area contributed by atoms with E-state index in [0.717, 1.165) is 5.69 Å². The summed E-state index contributed by atoms with van der Waals surface area (Å²) >= 11 is 0. The molecule has 164 valence electrons. The maximum absolute atomic E-state index is 13.3. The summed E-state index contributed by atoms with van der Waals surface area (Å²) in [5.74, 6) is -0.879. The molecule has 3 heterocycles. The Hall–Kier alpha value is -3.29. The standard InChI is InChI=1S/C25H24FN3O3/c1-28-22-19(20(14-30)23(28)24(31)27-17-5-3-2-4-6-17)13-29-21(22)12-11-18(25(29)32)15-7-9-16(26)10-8-15/h2-12,19-20,22-23,30H,13-14H2,1H3,(H,27,31)/t19-,20-,22+,23-/m0/s1. The molecule has 1 saturated heterocycles. The summed E-state index contributed by atoms with van der Waals surface area (Å²) in [5.41, 5.74) is 2.58. The second-order valence-corrected chi connectivity index (χ2v) is 8.52. The normalized spacial score (nSPS) is 24.2. The molecule has 1 amide bonds. The number of aliphatic hydroxyl groups is 1. The molecule has 2 aliphatic rings. The Morgan fingerprint density at radius 2 is 1.81 bits per heavy atom. The number of pyridine rings is 1. The number of rotatable bonds is 4. The first-order valence-corrected chi connectivity index (χ1v) is 10.7. The zero-order valence-electron chi connectivity index (χ0n) is 17.6. The van der Waals surface area contributed by atoms with Gasteiger partial charge in [-0.05, 0) is 49.0 Å². The minimum absolute atomic E-state index is 0.0623. The van der Waals surface area contributed by atoms with Crippen LogP contribution < -0.4 is 10.9 Å². The number of carbonyl (C=O) groups excluding carboxylic acids is 1. The minimum atomic E-state index is -0.504. The zero-order chi connectivity index (χ0) is 22.4. The van der Waals surface area contributed by atoms with Crippen molar-refractivity contribution < 1.29 is 14.3 Å². The van der Waals surface area contributed by atoms with Gasteiger partial charge in [0.1, 0.15) is 5.82 Å². The molecule has 0 spiro atoms. The van der Waals surface area contributed by atoms with Crippen LogP contribution in [-0.4, -0.2) is 40.2 Å². The third-order valence-corrected chi connectivity index (χ3v) is 6.82. The van der Waals surface area contributed by atoms with Crippen molar-refractivity contribution in [3.63, 3.8) is 0 Å². The Morgan fingerprint density at radius 1 is 1.09 bits per heavy atom. The van der Waals surface area contributed by atoms with E-state index in [1.165, 1.54) is 12.1 Å². The molecular weight excluding hydrogens is 409 g/mol. The molecule has 1 aromatic heterocycles. The summed E-state index contributed by atoms with van der Waals surface area (Å²) in [4.78, 5) is 28.3. The molecule has 4 atom stereocenters. The Labute approximate surface area is 184 Å². The van der Waals surface area contributed by atoms with Crippen molar-refractivity contribution in [2.45, 2.75) is 18.6 Å². The molecule has 2 aromatic carbocycles. The number of fused-ring (bicyclic) bond motifs is 3. The predicted octanol–water partition coefficient (Wildman–Crippen LogP) is 2.89. The molecule has 3 aromatic rings. The van der Waals surface area contributed by atoms with Crippen LogP contribution in [0.3, 0.4) is 0 Å². The largest absolute Gasteiger partial charge is 0.396 e. The Morgan fingerprint density at radius 3 is 2.50 bits per heavy atom. The highest BCUT2D eigenvalue weighted by atomic mass is 19.1. The number of likely N-dealkylation sites (N-methyl/N-ethyl adjacent to an activating group) is 1. The summed E-state index contributed by atoms with van der Waals surface area (Å²) < 4.78 is 15.0. The number of carbonyl (C=O) groups is 1. The summed E-state index contributed by atoms with van der Waals surface area (Å²) in [7, 11) is 1.87. The maximum Gasteiger partial charge on any atom is 0.258 e. The second-order valence-electron chi connectivity index (χ2n) is 8.52. The number of hydrogen-bond donors (Lipinski definition) is 2. The van der Waals surface area contributed by atoms with E-state index in [0.29, 0.717) is 23.4 Å². The molecule has 7 heteroatoms. The van der Waals surface area contributed by atoms with Crippen molar-refractivity contribution in [1.29, 1.82) is 0 Å². The molecule has 2 N–H and O–H groups in total. The molecule has 0 unspecified atom stereocenters. The number of nitrogens with one attached hydrogen (secondary N) is 1. The van der Waals surface area contributed by atoms with Gasteiger partial charge in [0, 0.05) is 41.9 Å². The molecular formula is C25H24FN3O3. The van der Waals surface area contributed by atoms with Crippen molar-refractivity contribution in [2.24, 2.45) is 11.8 Å². The van der Waals surface area contributed by atoms with Crippen molar-refractivity contribution >= 4 is 11.6 Å². The molecule has 0 radical (unpaired) electrons. The van der Waals surface area contributed by atoms with Crippen LogP contribution in [0.25, 0.3) is 11.1 Å². The van der Waals surface area contributed by atoms with Gasteiger partial charge in [0.25, 0.3) is 5.56 Å². The minimum Gasteiger partial charge on any atom is -0.396 e. The molecule has 2 aliphatic heterocycles. The number of hydrogen-bond acceptors (Lipinski definition) is 4. The van der Waals surface area contributed by atoms with Gasteiger partial charge in [-0.25, -0.2) is 4.39 Å². The van der Waals surface area contributed by atoms with E-state index in [2.05, 4.69) is 5.32 Å².